The molecule has 0 bridgehead atoms. The molecule has 0 saturated heterocycles. The van der Waals surface area contributed by atoms with Gasteiger partial charge in [0.25, 0.3) is 5.91 Å². The van der Waals surface area contributed by atoms with Gasteiger partial charge in [0.05, 0.1) is 10.9 Å². The molecule has 2 rings (SSSR count). The van der Waals surface area contributed by atoms with Gasteiger partial charge >= 0.3 is 0 Å². The number of hydrogen-bond donors (Lipinski definition) is 1. The Labute approximate surface area is 157 Å². The van der Waals surface area contributed by atoms with Crippen molar-refractivity contribution >= 4 is 31.9 Å². The van der Waals surface area contributed by atoms with Gasteiger partial charge in [0.2, 0.25) is 10.0 Å². The Hall–Kier alpha value is -1.70. The molecule has 0 spiro atoms. The molecule has 134 valence electrons. The lowest BCUT2D eigenvalue weighted by atomic mass is 10.0. The van der Waals surface area contributed by atoms with Gasteiger partial charge in [-0.1, -0.05) is 35.0 Å². The Bertz CT molecular complexity index is 832. The fourth-order valence-corrected chi connectivity index (χ4v) is 3.51. The SMILES string of the molecule is CCC(NC(=O)c1ccc(S(=O)(=O)N(C)C)cc1)c1ccc(Br)cc1. The molecule has 0 heterocycles. The molecular formula is C18H21BrN2O3S. The summed E-state index contributed by atoms with van der Waals surface area (Å²) in [4.78, 5) is 12.6. The summed E-state index contributed by atoms with van der Waals surface area (Å²) in [7, 11) is -0.552. The van der Waals surface area contributed by atoms with Gasteiger partial charge in [-0.25, -0.2) is 12.7 Å². The highest BCUT2D eigenvalue weighted by molar-refractivity contribution is 9.10. The Kier molecular flexibility index (Phi) is 6.37. The van der Waals surface area contributed by atoms with Gasteiger partial charge in [-0.3, -0.25) is 4.79 Å². The number of rotatable bonds is 6. The fourth-order valence-electron chi connectivity index (χ4n) is 2.35. The fraction of sp³-hybridized carbons (Fsp3) is 0.278. The third-order valence-corrected chi connectivity index (χ3v) is 6.24. The van der Waals surface area contributed by atoms with Crippen LogP contribution in [0.5, 0.6) is 0 Å². The Balaban J connectivity index is 2.16. The van der Waals surface area contributed by atoms with E-state index in [4.69, 9.17) is 0 Å². The number of carbonyl (C=O) groups is 1. The largest absolute Gasteiger partial charge is 0.345 e. The standard InChI is InChI=1S/C18H21BrN2O3S/c1-4-17(13-5-9-15(19)10-6-13)20-18(22)14-7-11-16(12-8-14)25(23,24)21(2)3/h5-12,17H,4H2,1-3H3,(H,20,22). The second-order valence-corrected chi connectivity index (χ2v) is 8.87. The van der Waals surface area contributed by atoms with Crippen LogP contribution in [0.2, 0.25) is 0 Å². The van der Waals surface area contributed by atoms with Crippen molar-refractivity contribution in [3.05, 3.63) is 64.1 Å². The number of sulfonamides is 1. The molecule has 0 aliphatic heterocycles. The summed E-state index contributed by atoms with van der Waals surface area (Å²) in [5, 5.41) is 2.99. The van der Waals surface area contributed by atoms with Crippen LogP contribution in [0.25, 0.3) is 0 Å². The first-order valence-electron chi connectivity index (χ1n) is 7.84. The minimum Gasteiger partial charge on any atom is -0.345 e. The van der Waals surface area contributed by atoms with E-state index in [1.165, 1.54) is 38.4 Å². The number of halogens is 1. The van der Waals surface area contributed by atoms with Crippen molar-refractivity contribution < 1.29 is 13.2 Å². The first-order valence-corrected chi connectivity index (χ1v) is 10.1. The average Bonchev–Trinajstić information content (AvgIpc) is 2.60. The van der Waals surface area contributed by atoms with Crippen LogP contribution in [0.1, 0.15) is 35.3 Å². The van der Waals surface area contributed by atoms with Crippen LogP contribution < -0.4 is 5.32 Å². The zero-order valence-electron chi connectivity index (χ0n) is 14.4. The molecule has 0 aliphatic rings. The van der Waals surface area contributed by atoms with Gasteiger partial charge in [-0.15, -0.1) is 0 Å². The van der Waals surface area contributed by atoms with Crippen molar-refractivity contribution in [1.82, 2.24) is 9.62 Å². The van der Waals surface area contributed by atoms with Crippen LogP contribution in [-0.4, -0.2) is 32.7 Å². The van der Waals surface area contributed by atoms with Gasteiger partial charge in [0.15, 0.2) is 0 Å². The average molecular weight is 425 g/mol. The summed E-state index contributed by atoms with van der Waals surface area (Å²) >= 11 is 3.40. The van der Waals surface area contributed by atoms with Crippen molar-refractivity contribution in [2.45, 2.75) is 24.3 Å². The molecule has 2 aromatic rings. The van der Waals surface area contributed by atoms with Crippen LogP contribution in [0.4, 0.5) is 0 Å². The molecule has 25 heavy (non-hydrogen) atoms. The van der Waals surface area contributed by atoms with Gasteiger partial charge in [0.1, 0.15) is 0 Å². The third kappa shape index (κ3) is 4.68. The number of carbonyl (C=O) groups excluding carboxylic acids is 1. The van der Waals surface area contributed by atoms with E-state index in [0.29, 0.717) is 5.56 Å². The minimum atomic E-state index is -3.50. The number of amides is 1. The lowest BCUT2D eigenvalue weighted by Crippen LogP contribution is -2.28. The van der Waals surface area contributed by atoms with Gasteiger partial charge in [-0.2, -0.15) is 0 Å². The Morgan fingerprint density at radius 1 is 1.08 bits per heavy atom. The predicted molar refractivity (Wildman–Crippen MR) is 102 cm³/mol. The van der Waals surface area contributed by atoms with E-state index in [1.807, 2.05) is 31.2 Å². The molecule has 1 unspecified atom stereocenters. The highest BCUT2D eigenvalue weighted by Gasteiger charge is 2.18. The topological polar surface area (TPSA) is 66.5 Å². The normalized spacial score (nSPS) is 12.8. The van der Waals surface area contributed by atoms with Crippen molar-refractivity contribution in [3.63, 3.8) is 0 Å². The molecule has 0 fully saturated rings. The first-order chi connectivity index (χ1) is 11.8. The molecule has 1 amide bonds. The lowest BCUT2D eigenvalue weighted by Gasteiger charge is -2.18. The van der Waals surface area contributed by atoms with E-state index in [9.17, 15) is 13.2 Å². The van der Waals surface area contributed by atoms with Crippen LogP contribution in [0.15, 0.2) is 57.9 Å². The molecule has 7 heteroatoms. The summed E-state index contributed by atoms with van der Waals surface area (Å²) in [6, 6.07) is 13.6. The molecule has 2 aromatic carbocycles. The quantitative estimate of drug-likeness (QED) is 0.770. The smallest absolute Gasteiger partial charge is 0.251 e. The van der Waals surface area contributed by atoms with E-state index < -0.39 is 10.0 Å². The molecule has 0 aliphatic carbocycles. The lowest BCUT2D eigenvalue weighted by molar-refractivity contribution is 0.0935. The maximum Gasteiger partial charge on any atom is 0.251 e. The Morgan fingerprint density at radius 3 is 2.12 bits per heavy atom. The van der Waals surface area contributed by atoms with E-state index in [2.05, 4.69) is 21.2 Å². The second kappa shape index (κ2) is 8.12. The highest BCUT2D eigenvalue weighted by Crippen LogP contribution is 2.20. The van der Waals surface area contributed by atoms with Crippen molar-refractivity contribution in [1.29, 1.82) is 0 Å². The van der Waals surface area contributed by atoms with Crippen molar-refractivity contribution in [3.8, 4) is 0 Å². The minimum absolute atomic E-state index is 0.106. The molecule has 0 saturated carbocycles. The first kappa shape index (κ1) is 19.6. The van der Waals surface area contributed by atoms with Crippen LogP contribution in [0.3, 0.4) is 0 Å². The van der Waals surface area contributed by atoms with Gasteiger partial charge in [-0.05, 0) is 48.4 Å². The zero-order chi connectivity index (χ0) is 18.6. The number of benzene rings is 2. The summed E-state index contributed by atoms with van der Waals surface area (Å²) in [5.41, 5.74) is 1.44. The summed E-state index contributed by atoms with van der Waals surface area (Å²) in [6.07, 6.45) is 0.750. The number of nitrogens with one attached hydrogen (secondary N) is 1. The third-order valence-electron chi connectivity index (χ3n) is 3.88. The molecular weight excluding hydrogens is 404 g/mol. The second-order valence-electron chi connectivity index (χ2n) is 5.80. The Morgan fingerprint density at radius 2 is 1.64 bits per heavy atom. The monoisotopic (exact) mass is 424 g/mol. The number of nitrogens with zero attached hydrogens (tertiary/aromatic N) is 1. The number of hydrogen-bond acceptors (Lipinski definition) is 3. The van der Waals surface area contributed by atoms with E-state index in [0.717, 1.165) is 20.8 Å². The summed E-state index contributed by atoms with van der Waals surface area (Å²) < 4.78 is 26.3. The summed E-state index contributed by atoms with van der Waals surface area (Å²) in [6.45, 7) is 2.00. The van der Waals surface area contributed by atoms with Crippen LogP contribution >= 0.6 is 15.9 Å². The molecule has 0 aromatic heterocycles. The molecule has 1 N–H and O–H groups in total. The highest BCUT2D eigenvalue weighted by atomic mass is 79.9. The molecule has 0 radical (unpaired) electrons. The van der Waals surface area contributed by atoms with E-state index in [-0.39, 0.29) is 16.8 Å². The maximum absolute atomic E-state index is 12.5. The van der Waals surface area contributed by atoms with Crippen molar-refractivity contribution in [2.24, 2.45) is 0 Å². The maximum atomic E-state index is 12.5. The molecule has 1 atom stereocenters. The van der Waals surface area contributed by atoms with E-state index in [1.54, 1.807) is 0 Å². The summed E-state index contributed by atoms with van der Waals surface area (Å²) in [5.74, 6) is -0.233. The molecule has 5 nitrogen and oxygen atoms in total. The van der Waals surface area contributed by atoms with Crippen LogP contribution in [-0.2, 0) is 10.0 Å². The van der Waals surface area contributed by atoms with Crippen LogP contribution in [0, 0.1) is 0 Å². The van der Waals surface area contributed by atoms with Crippen molar-refractivity contribution in [2.75, 3.05) is 14.1 Å². The van der Waals surface area contributed by atoms with Gasteiger partial charge in [0, 0.05) is 24.1 Å². The van der Waals surface area contributed by atoms with Gasteiger partial charge < -0.3 is 5.32 Å². The zero-order valence-corrected chi connectivity index (χ0v) is 16.8. The van der Waals surface area contributed by atoms with E-state index >= 15 is 0 Å². The predicted octanol–water partition coefficient (Wildman–Crippen LogP) is 3.58.